The Hall–Kier alpha value is -3.17. The number of hydrogen-bond donors (Lipinski definition) is 3. The summed E-state index contributed by atoms with van der Waals surface area (Å²) in [5, 5.41) is 8.76. The van der Waals surface area contributed by atoms with Crippen LogP contribution >= 0.6 is 11.6 Å². The van der Waals surface area contributed by atoms with Crippen LogP contribution in [0.2, 0.25) is 5.15 Å². The first kappa shape index (κ1) is 20.6. The molecule has 0 radical (unpaired) electrons. The predicted octanol–water partition coefficient (Wildman–Crippen LogP) is 3.79. The van der Waals surface area contributed by atoms with Crippen molar-refractivity contribution in [2.24, 2.45) is 0 Å². The monoisotopic (exact) mass is 431 g/mol. The zero-order valence-electron chi connectivity index (χ0n) is 15.4. The summed E-state index contributed by atoms with van der Waals surface area (Å²) in [7, 11) is -3.28. The number of urea groups is 1. The van der Waals surface area contributed by atoms with Gasteiger partial charge < -0.3 is 16.0 Å². The highest BCUT2D eigenvalue weighted by Gasteiger charge is 2.08. The molecule has 0 aliphatic rings. The summed E-state index contributed by atoms with van der Waals surface area (Å²) < 4.78 is 23.0. The Balaban J connectivity index is 1.59. The number of amides is 2. The summed E-state index contributed by atoms with van der Waals surface area (Å²) in [5.74, 6) is 0.475. The third-order valence-electron chi connectivity index (χ3n) is 3.84. The zero-order chi connectivity index (χ0) is 20.9. The molecule has 0 fully saturated rings. The van der Waals surface area contributed by atoms with Gasteiger partial charge in [0.15, 0.2) is 20.8 Å². The summed E-state index contributed by atoms with van der Waals surface area (Å²) in [5.41, 5.74) is 1.98. The van der Waals surface area contributed by atoms with Crippen LogP contribution in [-0.4, -0.2) is 30.7 Å². The predicted molar refractivity (Wildman–Crippen MR) is 113 cm³/mol. The van der Waals surface area contributed by atoms with Crippen molar-refractivity contribution < 1.29 is 13.2 Å². The molecule has 0 spiro atoms. The topological polar surface area (TPSA) is 113 Å². The van der Waals surface area contributed by atoms with Crippen molar-refractivity contribution in [3.05, 3.63) is 71.6 Å². The van der Waals surface area contributed by atoms with Crippen LogP contribution in [-0.2, 0) is 16.4 Å². The summed E-state index contributed by atoms with van der Waals surface area (Å²) in [6.07, 6.45) is 4.17. The SMILES string of the molecule is CS(=O)(=O)c1ccc(NC(=O)Nc2cccc(CNc3nccnc3Cl)c2)cc1. The van der Waals surface area contributed by atoms with E-state index in [1.807, 2.05) is 18.2 Å². The Bertz CT molecular complexity index is 1120. The summed E-state index contributed by atoms with van der Waals surface area (Å²) in [6, 6.07) is 12.8. The van der Waals surface area contributed by atoms with Gasteiger partial charge in [-0.05, 0) is 42.0 Å². The van der Waals surface area contributed by atoms with Gasteiger partial charge in [0.2, 0.25) is 0 Å². The number of nitrogens with one attached hydrogen (secondary N) is 3. The molecule has 0 aliphatic heterocycles. The second-order valence-corrected chi connectivity index (χ2v) is 8.50. The van der Waals surface area contributed by atoms with E-state index in [-0.39, 0.29) is 10.0 Å². The van der Waals surface area contributed by atoms with Crippen LogP contribution in [0.5, 0.6) is 0 Å². The number of benzene rings is 2. The number of sulfone groups is 1. The molecule has 0 aliphatic carbocycles. The van der Waals surface area contributed by atoms with Gasteiger partial charge in [-0.15, -0.1) is 0 Å². The molecule has 1 heterocycles. The number of carbonyl (C=O) groups is 1. The Morgan fingerprint density at radius 2 is 1.69 bits per heavy atom. The van der Waals surface area contributed by atoms with E-state index in [1.165, 1.54) is 30.5 Å². The molecule has 0 saturated carbocycles. The molecule has 2 amide bonds. The van der Waals surface area contributed by atoms with Gasteiger partial charge >= 0.3 is 6.03 Å². The number of rotatable bonds is 6. The Morgan fingerprint density at radius 3 is 2.38 bits per heavy atom. The van der Waals surface area contributed by atoms with Crippen LogP contribution in [0, 0.1) is 0 Å². The highest BCUT2D eigenvalue weighted by atomic mass is 35.5. The number of aromatic nitrogens is 2. The van der Waals surface area contributed by atoms with E-state index in [4.69, 9.17) is 11.6 Å². The van der Waals surface area contributed by atoms with Crippen LogP contribution in [0.15, 0.2) is 65.8 Å². The number of carbonyl (C=O) groups excluding carboxylic acids is 1. The van der Waals surface area contributed by atoms with Crippen molar-refractivity contribution in [3.8, 4) is 0 Å². The van der Waals surface area contributed by atoms with Gasteiger partial charge in [0.05, 0.1) is 4.90 Å². The van der Waals surface area contributed by atoms with E-state index in [2.05, 4.69) is 25.9 Å². The zero-order valence-corrected chi connectivity index (χ0v) is 17.0. The van der Waals surface area contributed by atoms with Crippen molar-refractivity contribution >= 4 is 44.7 Å². The minimum atomic E-state index is -3.28. The maximum atomic E-state index is 12.2. The fourth-order valence-electron chi connectivity index (χ4n) is 2.46. The molecule has 29 heavy (non-hydrogen) atoms. The normalized spacial score (nSPS) is 11.0. The maximum absolute atomic E-state index is 12.2. The third-order valence-corrected chi connectivity index (χ3v) is 5.24. The van der Waals surface area contributed by atoms with Crippen LogP contribution in [0.3, 0.4) is 0 Å². The quantitative estimate of drug-likeness (QED) is 0.547. The van der Waals surface area contributed by atoms with Gasteiger partial charge in [-0.3, -0.25) is 0 Å². The van der Waals surface area contributed by atoms with E-state index in [0.717, 1.165) is 11.8 Å². The van der Waals surface area contributed by atoms with Gasteiger partial charge in [-0.2, -0.15) is 0 Å². The maximum Gasteiger partial charge on any atom is 0.323 e. The smallest absolute Gasteiger partial charge is 0.323 e. The van der Waals surface area contributed by atoms with Gasteiger partial charge in [0.1, 0.15) is 0 Å². The van der Waals surface area contributed by atoms with Gasteiger partial charge in [-0.25, -0.2) is 23.2 Å². The lowest BCUT2D eigenvalue weighted by Crippen LogP contribution is -2.19. The molecule has 8 nitrogen and oxygen atoms in total. The second kappa shape index (κ2) is 8.89. The second-order valence-electron chi connectivity index (χ2n) is 6.13. The van der Waals surface area contributed by atoms with E-state index in [1.54, 1.807) is 12.3 Å². The molecular weight excluding hydrogens is 414 g/mol. The summed E-state index contributed by atoms with van der Waals surface area (Å²) in [6.45, 7) is 0.447. The first-order valence-corrected chi connectivity index (χ1v) is 10.8. The molecular formula is C19H18ClN5O3S. The number of anilines is 3. The van der Waals surface area contributed by atoms with Crippen LogP contribution in [0.25, 0.3) is 0 Å². The van der Waals surface area contributed by atoms with Crippen molar-refractivity contribution in [1.82, 2.24) is 9.97 Å². The van der Waals surface area contributed by atoms with Gasteiger partial charge in [0.25, 0.3) is 0 Å². The standard InChI is InChI=1S/C19H18ClN5O3S/c1-29(27,28)16-7-5-14(6-8-16)24-19(26)25-15-4-2-3-13(11-15)12-23-18-17(20)21-9-10-22-18/h2-11H,12H2,1H3,(H,22,23)(H2,24,25,26). The fourth-order valence-corrected chi connectivity index (χ4v) is 3.27. The molecule has 2 aromatic carbocycles. The molecule has 0 atom stereocenters. The molecule has 10 heteroatoms. The van der Waals surface area contributed by atoms with Crippen LogP contribution < -0.4 is 16.0 Å². The summed E-state index contributed by atoms with van der Waals surface area (Å²) >= 11 is 5.97. The minimum absolute atomic E-state index is 0.187. The molecule has 3 rings (SSSR count). The van der Waals surface area contributed by atoms with E-state index in [0.29, 0.717) is 23.7 Å². The highest BCUT2D eigenvalue weighted by molar-refractivity contribution is 7.90. The van der Waals surface area contributed by atoms with Gasteiger partial charge in [0, 0.05) is 36.6 Å². The lowest BCUT2D eigenvalue weighted by Gasteiger charge is -2.10. The Morgan fingerprint density at radius 1 is 1.00 bits per heavy atom. The number of hydrogen-bond acceptors (Lipinski definition) is 6. The van der Waals surface area contributed by atoms with E-state index < -0.39 is 15.9 Å². The van der Waals surface area contributed by atoms with Crippen molar-refractivity contribution in [2.45, 2.75) is 11.4 Å². The lowest BCUT2D eigenvalue weighted by molar-refractivity contribution is 0.262. The molecule has 0 saturated heterocycles. The van der Waals surface area contributed by atoms with Crippen LogP contribution in [0.4, 0.5) is 22.0 Å². The average molecular weight is 432 g/mol. The largest absolute Gasteiger partial charge is 0.363 e. The van der Waals surface area contributed by atoms with Gasteiger partial charge in [-0.1, -0.05) is 23.7 Å². The number of halogens is 1. The molecule has 3 aromatic rings. The molecule has 0 unspecified atom stereocenters. The molecule has 0 bridgehead atoms. The first-order valence-electron chi connectivity index (χ1n) is 8.49. The molecule has 3 N–H and O–H groups in total. The van der Waals surface area contributed by atoms with Crippen molar-refractivity contribution in [2.75, 3.05) is 22.2 Å². The fraction of sp³-hybridized carbons (Fsp3) is 0.105. The van der Waals surface area contributed by atoms with Crippen molar-refractivity contribution in [1.29, 1.82) is 0 Å². The minimum Gasteiger partial charge on any atom is -0.363 e. The lowest BCUT2D eigenvalue weighted by atomic mass is 10.2. The number of nitrogens with zero attached hydrogens (tertiary/aromatic N) is 2. The van der Waals surface area contributed by atoms with Crippen molar-refractivity contribution in [3.63, 3.8) is 0 Å². The van der Waals surface area contributed by atoms with E-state index in [9.17, 15) is 13.2 Å². The first-order chi connectivity index (χ1) is 13.8. The van der Waals surface area contributed by atoms with Crippen LogP contribution in [0.1, 0.15) is 5.56 Å². The Kier molecular flexibility index (Phi) is 6.30. The average Bonchev–Trinajstić information content (AvgIpc) is 2.67. The van der Waals surface area contributed by atoms with E-state index >= 15 is 0 Å². The Labute approximate surface area is 173 Å². The third kappa shape index (κ3) is 5.90. The molecule has 1 aromatic heterocycles. The highest BCUT2D eigenvalue weighted by Crippen LogP contribution is 2.18. The molecule has 150 valence electrons. The summed E-state index contributed by atoms with van der Waals surface area (Å²) in [4.78, 5) is 20.5.